The summed E-state index contributed by atoms with van der Waals surface area (Å²) in [6.07, 6.45) is 2.70. The molecule has 0 spiro atoms. The minimum atomic E-state index is -1.08. The fourth-order valence-electron chi connectivity index (χ4n) is 1.75. The summed E-state index contributed by atoms with van der Waals surface area (Å²) >= 11 is 0. The molecule has 1 aromatic carbocycles. The van der Waals surface area contributed by atoms with E-state index in [1.807, 2.05) is 36.2 Å². The van der Waals surface area contributed by atoms with Crippen molar-refractivity contribution in [2.24, 2.45) is 0 Å². The Morgan fingerprint density at radius 2 is 2.15 bits per heavy atom. The summed E-state index contributed by atoms with van der Waals surface area (Å²) in [6.45, 7) is 0.623. The van der Waals surface area contributed by atoms with Crippen molar-refractivity contribution in [1.82, 2.24) is 9.97 Å². The summed E-state index contributed by atoms with van der Waals surface area (Å²) in [7, 11) is 3.49. The lowest BCUT2D eigenvalue weighted by molar-refractivity contribution is 0.0690. The number of aromatic nitrogens is 2. The van der Waals surface area contributed by atoms with Crippen molar-refractivity contribution in [2.45, 2.75) is 6.54 Å². The smallest absolute Gasteiger partial charge is 0.356 e. The van der Waals surface area contributed by atoms with Crippen LogP contribution in [0, 0.1) is 0 Å². The van der Waals surface area contributed by atoms with Gasteiger partial charge in [0.15, 0.2) is 5.69 Å². The number of methoxy groups -OCH3 is 1. The highest BCUT2D eigenvalue weighted by atomic mass is 16.5. The van der Waals surface area contributed by atoms with E-state index in [9.17, 15) is 4.79 Å². The SMILES string of the molecule is COc1cccc(CN(C)c2cnc(C(=O)O)cn2)c1. The second kappa shape index (κ2) is 6.01. The molecule has 20 heavy (non-hydrogen) atoms. The van der Waals surface area contributed by atoms with Gasteiger partial charge in [-0.25, -0.2) is 14.8 Å². The molecule has 0 aliphatic rings. The zero-order valence-corrected chi connectivity index (χ0v) is 11.3. The lowest BCUT2D eigenvalue weighted by atomic mass is 10.2. The van der Waals surface area contributed by atoms with Gasteiger partial charge in [0.25, 0.3) is 0 Å². The Hall–Kier alpha value is -2.63. The van der Waals surface area contributed by atoms with E-state index in [0.29, 0.717) is 12.4 Å². The Kier molecular flexibility index (Phi) is 4.14. The number of hydrogen-bond acceptors (Lipinski definition) is 5. The van der Waals surface area contributed by atoms with E-state index in [1.54, 1.807) is 7.11 Å². The number of aromatic carboxylic acids is 1. The molecule has 0 aliphatic carbocycles. The first-order valence-electron chi connectivity index (χ1n) is 5.99. The third kappa shape index (κ3) is 3.23. The predicted molar refractivity (Wildman–Crippen MR) is 74.1 cm³/mol. The first kappa shape index (κ1) is 13.8. The highest BCUT2D eigenvalue weighted by Crippen LogP contribution is 2.16. The summed E-state index contributed by atoms with van der Waals surface area (Å²) in [4.78, 5) is 20.5. The van der Waals surface area contributed by atoms with Gasteiger partial charge in [-0.2, -0.15) is 0 Å². The Balaban J connectivity index is 2.10. The van der Waals surface area contributed by atoms with Crippen LogP contribution in [0.3, 0.4) is 0 Å². The summed E-state index contributed by atoms with van der Waals surface area (Å²) in [6, 6.07) is 7.72. The zero-order chi connectivity index (χ0) is 14.5. The molecule has 0 saturated carbocycles. The molecule has 0 aliphatic heterocycles. The minimum absolute atomic E-state index is 0.0662. The van der Waals surface area contributed by atoms with Crippen LogP contribution in [-0.2, 0) is 6.54 Å². The van der Waals surface area contributed by atoms with Gasteiger partial charge < -0.3 is 14.7 Å². The number of anilines is 1. The molecule has 0 radical (unpaired) electrons. The van der Waals surface area contributed by atoms with E-state index in [4.69, 9.17) is 9.84 Å². The molecular weight excluding hydrogens is 258 g/mol. The fraction of sp³-hybridized carbons (Fsp3) is 0.214. The van der Waals surface area contributed by atoms with Crippen LogP contribution in [0.2, 0.25) is 0 Å². The number of carbonyl (C=O) groups is 1. The number of nitrogens with zero attached hydrogens (tertiary/aromatic N) is 3. The van der Waals surface area contributed by atoms with Crippen molar-refractivity contribution in [1.29, 1.82) is 0 Å². The second-order valence-corrected chi connectivity index (χ2v) is 4.27. The lowest BCUT2D eigenvalue weighted by Gasteiger charge is -2.18. The molecule has 0 amide bonds. The van der Waals surface area contributed by atoms with Gasteiger partial charge in [-0.05, 0) is 17.7 Å². The molecule has 2 rings (SSSR count). The molecule has 1 N–H and O–H groups in total. The molecule has 104 valence electrons. The molecule has 0 atom stereocenters. The minimum Gasteiger partial charge on any atom is -0.497 e. The first-order valence-corrected chi connectivity index (χ1v) is 5.99. The molecule has 1 aromatic heterocycles. The fourth-order valence-corrected chi connectivity index (χ4v) is 1.75. The monoisotopic (exact) mass is 273 g/mol. The van der Waals surface area contributed by atoms with Gasteiger partial charge >= 0.3 is 5.97 Å². The van der Waals surface area contributed by atoms with E-state index in [-0.39, 0.29) is 5.69 Å². The quantitative estimate of drug-likeness (QED) is 0.895. The molecule has 0 saturated heterocycles. The maximum absolute atomic E-state index is 10.7. The molecule has 0 fully saturated rings. The number of ether oxygens (including phenoxy) is 1. The van der Waals surface area contributed by atoms with E-state index >= 15 is 0 Å². The Bertz CT molecular complexity index is 599. The first-order chi connectivity index (χ1) is 9.60. The van der Waals surface area contributed by atoms with Crippen molar-refractivity contribution in [3.8, 4) is 5.75 Å². The number of carboxylic acids is 1. The molecule has 1 heterocycles. The molecule has 2 aromatic rings. The maximum atomic E-state index is 10.7. The van der Waals surface area contributed by atoms with E-state index < -0.39 is 5.97 Å². The van der Waals surface area contributed by atoms with Gasteiger partial charge in [0.1, 0.15) is 11.6 Å². The van der Waals surface area contributed by atoms with Crippen LogP contribution in [0.1, 0.15) is 16.1 Å². The van der Waals surface area contributed by atoms with E-state index in [0.717, 1.165) is 11.3 Å². The summed E-state index contributed by atoms with van der Waals surface area (Å²) < 4.78 is 5.17. The van der Waals surface area contributed by atoms with Crippen molar-refractivity contribution >= 4 is 11.8 Å². The topological polar surface area (TPSA) is 75.5 Å². The highest BCUT2D eigenvalue weighted by Gasteiger charge is 2.08. The van der Waals surface area contributed by atoms with Crippen LogP contribution < -0.4 is 9.64 Å². The predicted octanol–water partition coefficient (Wildman–Crippen LogP) is 1.82. The number of benzene rings is 1. The van der Waals surface area contributed by atoms with E-state index in [2.05, 4.69) is 9.97 Å². The highest BCUT2D eigenvalue weighted by molar-refractivity contribution is 5.84. The van der Waals surface area contributed by atoms with Crippen molar-refractivity contribution in [3.63, 3.8) is 0 Å². The summed E-state index contributed by atoms with van der Waals surface area (Å²) in [5.74, 6) is 0.320. The second-order valence-electron chi connectivity index (χ2n) is 4.27. The van der Waals surface area contributed by atoms with Gasteiger partial charge in [-0.3, -0.25) is 0 Å². The van der Waals surface area contributed by atoms with Crippen LogP contribution in [-0.4, -0.2) is 35.2 Å². The average Bonchev–Trinajstić information content (AvgIpc) is 2.47. The Labute approximate surface area is 116 Å². The summed E-state index contributed by atoms with van der Waals surface area (Å²) in [5, 5.41) is 8.78. The molecular formula is C14H15N3O3. The lowest BCUT2D eigenvalue weighted by Crippen LogP contribution is -2.18. The molecule has 6 heteroatoms. The third-order valence-electron chi connectivity index (χ3n) is 2.80. The van der Waals surface area contributed by atoms with Gasteiger partial charge in [0.2, 0.25) is 0 Å². The van der Waals surface area contributed by atoms with Crippen LogP contribution >= 0.6 is 0 Å². The standard InChI is InChI=1S/C14H15N3O3/c1-17(9-10-4-3-5-11(6-10)20-2)13-8-15-12(7-16-13)14(18)19/h3-8H,9H2,1-2H3,(H,18,19). The largest absolute Gasteiger partial charge is 0.497 e. The van der Waals surface area contributed by atoms with Crippen LogP contribution in [0.4, 0.5) is 5.82 Å². The maximum Gasteiger partial charge on any atom is 0.356 e. The van der Waals surface area contributed by atoms with Crippen molar-refractivity contribution in [2.75, 3.05) is 19.1 Å². The van der Waals surface area contributed by atoms with Crippen LogP contribution in [0.25, 0.3) is 0 Å². The number of rotatable bonds is 5. The van der Waals surface area contributed by atoms with Gasteiger partial charge in [-0.15, -0.1) is 0 Å². The van der Waals surface area contributed by atoms with Gasteiger partial charge in [-0.1, -0.05) is 12.1 Å². The Morgan fingerprint density at radius 3 is 2.75 bits per heavy atom. The normalized spacial score (nSPS) is 10.1. The molecule has 0 unspecified atom stereocenters. The number of hydrogen-bond donors (Lipinski definition) is 1. The van der Waals surface area contributed by atoms with Gasteiger partial charge in [0, 0.05) is 13.6 Å². The molecule has 6 nitrogen and oxygen atoms in total. The molecule has 0 bridgehead atoms. The summed E-state index contributed by atoms with van der Waals surface area (Å²) in [5.41, 5.74) is 1.000. The Morgan fingerprint density at radius 1 is 1.35 bits per heavy atom. The zero-order valence-electron chi connectivity index (χ0n) is 11.3. The average molecular weight is 273 g/mol. The number of carboxylic acid groups (broad SMARTS) is 1. The third-order valence-corrected chi connectivity index (χ3v) is 2.80. The van der Waals surface area contributed by atoms with Gasteiger partial charge in [0.05, 0.1) is 19.5 Å². The van der Waals surface area contributed by atoms with Crippen LogP contribution in [0.5, 0.6) is 5.75 Å². The van der Waals surface area contributed by atoms with Crippen molar-refractivity contribution in [3.05, 3.63) is 47.9 Å². The van der Waals surface area contributed by atoms with Crippen LogP contribution in [0.15, 0.2) is 36.7 Å². The van der Waals surface area contributed by atoms with E-state index in [1.165, 1.54) is 12.4 Å². The van der Waals surface area contributed by atoms with Crippen molar-refractivity contribution < 1.29 is 14.6 Å².